The highest BCUT2D eigenvalue weighted by Crippen LogP contribution is 2.28. The molecule has 23 heavy (non-hydrogen) atoms. The van der Waals surface area contributed by atoms with Crippen molar-refractivity contribution in [3.05, 3.63) is 69.8 Å². The molecule has 1 aliphatic rings. The Bertz CT molecular complexity index is 680. The number of benzene rings is 2. The zero-order valence-electron chi connectivity index (χ0n) is 13.3. The second-order valence-corrected chi connectivity index (χ2v) is 6.02. The molecule has 0 unspecified atom stereocenters. The minimum Gasteiger partial charge on any atom is -0.369 e. The average Bonchev–Trinajstić information content (AvgIpc) is 2.57. The van der Waals surface area contributed by atoms with E-state index >= 15 is 0 Å². The van der Waals surface area contributed by atoms with Gasteiger partial charge in [-0.2, -0.15) is 0 Å². The van der Waals surface area contributed by atoms with Crippen LogP contribution in [0.4, 0.5) is 11.4 Å². The molecule has 2 aromatic carbocycles. The van der Waals surface area contributed by atoms with Gasteiger partial charge in [-0.1, -0.05) is 30.3 Å². The predicted octanol–water partition coefficient (Wildman–Crippen LogP) is 2.94. The van der Waals surface area contributed by atoms with Crippen molar-refractivity contribution < 1.29 is 4.92 Å². The van der Waals surface area contributed by atoms with Crippen LogP contribution in [0.1, 0.15) is 11.1 Å². The number of hydrogen-bond donors (Lipinski definition) is 0. The molecule has 2 aromatic rings. The fraction of sp³-hybridized carbons (Fsp3) is 0.333. The molecule has 0 bridgehead atoms. The van der Waals surface area contributed by atoms with Gasteiger partial charge in [0.25, 0.3) is 5.69 Å². The fourth-order valence-electron chi connectivity index (χ4n) is 2.95. The van der Waals surface area contributed by atoms with Crippen molar-refractivity contribution in [2.45, 2.75) is 6.42 Å². The van der Waals surface area contributed by atoms with Gasteiger partial charge in [0.15, 0.2) is 0 Å². The third-order valence-electron chi connectivity index (χ3n) is 4.37. The smallest absolute Gasteiger partial charge is 0.274 e. The molecule has 0 aliphatic carbocycles. The maximum absolute atomic E-state index is 11.5. The molecule has 0 N–H and O–H groups in total. The standard InChI is InChI=1S/C18H21N3O2/c1-19-9-11-20(12-10-19)17-8-7-16(18(14-17)21(22)23)13-15-5-3-2-4-6-15/h2-8,14H,9-13H2,1H3. The van der Waals surface area contributed by atoms with Gasteiger partial charge in [-0.3, -0.25) is 10.1 Å². The summed E-state index contributed by atoms with van der Waals surface area (Å²) in [5.74, 6) is 0. The summed E-state index contributed by atoms with van der Waals surface area (Å²) in [4.78, 5) is 15.7. The molecule has 0 radical (unpaired) electrons. The summed E-state index contributed by atoms with van der Waals surface area (Å²) in [7, 11) is 2.10. The van der Waals surface area contributed by atoms with Crippen LogP contribution in [0.2, 0.25) is 0 Å². The number of nitrogens with zero attached hydrogens (tertiary/aromatic N) is 3. The second-order valence-electron chi connectivity index (χ2n) is 6.02. The first-order valence-electron chi connectivity index (χ1n) is 7.88. The molecule has 1 aliphatic heterocycles. The van der Waals surface area contributed by atoms with Gasteiger partial charge in [0.1, 0.15) is 0 Å². The average molecular weight is 311 g/mol. The molecule has 5 heteroatoms. The minimum atomic E-state index is -0.266. The summed E-state index contributed by atoms with van der Waals surface area (Å²) in [6.07, 6.45) is 0.584. The zero-order chi connectivity index (χ0) is 16.2. The zero-order valence-corrected chi connectivity index (χ0v) is 13.3. The summed E-state index contributed by atoms with van der Waals surface area (Å²) in [5, 5.41) is 11.5. The Morgan fingerprint density at radius 2 is 1.74 bits per heavy atom. The largest absolute Gasteiger partial charge is 0.369 e. The summed E-state index contributed by atoms with van der Waals surface area (Å²) in [5.41, 5.74) is 3.01. The molecule has 1 fully saturated rings. The Morgan fingerprint density at radius 3 is 2.39 bits per heavy atom. The van der Waals surface area contributed by atoms with Gasteiger partial charge >= 0.3 is 0 Å². The van der Waals surface area contributed by atoms with E-state index in [0.29, 0.717) is 6.42 Å². The van der Waals surface area contributed by atoms with Gasteiger partial charge in [0, 0.05) is 49.9 Å². The van der Waals surface area contributed by atoms with Crippen molar-refractivity contribution in [3.8, 4) is 0 Å². The minimum absolute atomic E-state index is 0.213. The van der Waals surface area contributed by atoms with Gasteiger partial charge in [-0.15, -0.1) is 0 Å². The van der Waals surface area contributed by atoms with Crippen molar-refractivity contribution in [3.63, 3.8) is 0 Å². The van der Waals surface area contributed by atoms with Crippen LogP contribution < -0.4 is 4.90 Å². The molecule has 0 saturated carbocycles. The van der Waals surface area contributed by atoms with Gasteiger partial charge in [-0.25, -0.2) is 0 Å². The number of nitro groups is 1. The van der Waals surface area contributed by atoms with E-state index in [4.69, 9.17) is 0 Å². The molecule has 5 nitrogen and oxygen atoms in total. The molecule has 1 saturated heterocycles. The summed E-state index contributed by atoms with van der Waals surface area (Å²) < 4.78 is 0. The SMILES string of the molecule is CN1CCN(c2ccc(Cc3ccccc3)c([N+](=O)[O-])c2)CC1. The number of nitro benzene ring substituents is 1. The van der Waals surface area contributed by atoms with E-state index in [1.165, 1.54) is 0 Å². The van der Waals surface area contributed by atoms with Crippen LogP contribution in [-0.2, 0) is 6.42 Å². The van der Waals surface area contributed by atoms with Gasteiger partial charge in [0.05, 0.1) is 4.92 Å². The van der Waals surface area contributed by atoms with Crippen molar-refractivity contribution in [1.82, 2.24) is 4.90 Å². The van der Waals surface area contributed by atoms with Crippen molar-refractivity contribution in [2.24, 2.45) is 0 Å². The normalized spacial score (nSPS) is 15.6. The van der Waals surface area contributed by atoms with Crippen LogP contribution in [-0.4, -0.2) is 43.0 Å². The lowest BCUT2D eigenvalue weighted by Crippen LogP contribution is -2.44. The fourth-order valence-corrected chi connectivity index (χ4v) is 2.95. The van der Waals surface area contributed by atoms with E-state index < -0.39 is 0 Å². The van der Waals surface area contributed by atoms with Crippen molar-refractivity contribution in [1.29, 1.82) is 0 Å². The van der Waals surface area contributed by atoms with Crippen LogP contribution in [0.5, 0.6) is 0 Å². The van der Waals surface area contributed by atoms with E-state index in [0.717, 1.165) is 43.0 Å². The molecule has 1 heterocycles. The summed E-state index contributed by atoms with van der Waals surface area (Å²) in [6.45, 7) is 3.79. The molecule has 120 valence electrons. The second kappa shape index (κ2) is 6.79. The Hall–Kier alpha value is -2.40. The molecule has 3 rings (SSSR count). The van der Waals surface area contributed by atoms with Crippen LogP contribution in [0.25, 0.3) is 0 Å². The third kappa shape index (κ3) is 3.68. The van der Waals surface area contributed by atoms with Gasteiger partial charge in [0.2, 0.25) is 0 Å². The quantitative estimate of drug-likeness (QED) is 0.643. The first-order valence-corrected chi connectivity index (χ1v) is 7.88. The number of hydrogen-bond acceptors (Lipinski definition) is 4. The van der Waals surface area contributed by atoms with Crippen molar-refractivity contribution >= 4 is 11.4 Å². The molecule has 0 atom stereocenters. The van der Waals surface area contributed by atoms with Crippen molar-refractivity contribution in [2.75, 3.05) is 38.1 Å². The number of likely N-dealkylation sites (N-methyl/N-ethyl adjacent to an activating group) is 1. The van der Waals surface area contributed by atoms with E-state index in [1.54, 1.807) is 6.07 Å². The monoisotopic (exact) mass is 311 g/mol. The maximum atomic E-state index is 11.5. The van der Waals surface area contributed by atoms with Crippen LogP contribution >= 0.6 is 0 Å². The molecular weight excluding hydrogens is 290 g/mol. The van der Waals surface area contributed by atoms with Crippen LogP contribution in [0.15, 0.2) is 48.5 Å². The highest BCUT2D eigenvalue weighted by molar-refractivity contribution is 5.58. The molecule has 0 spiro atoms. The summed E-state index contributed by atoms with van der Waals surface area (Å²) in [6, 6.07) is 15.5. The van der Waals surface area contributed by atoms with Crippen LogP contribution in [0, 0.1) is 10.1 Å². The third-order valence-corrected chi connectivity index (χ3v) is 4.37. The lowest BCUT2D eigenvalue weighted by molar-refractivity contribution is -0.385. The predicted molar refractivity (Wildman–Crippen MR) is 92.1 cm³/mol. The van der Waals surface area contributed by atoms with E-state index in [9.17, 15) is 10.1 Å². The topological polar surface area (TPSA) is 49.6 Å². The lowest BCUT2D eigenvalue weighted by Gasteiger charge is -2.34. The van der Waals surface area contributed by atoms with E-state index in [1.807, 2.05) is 42.5 Å². The Morgan fingerprint density at radius 1 is 1.04 bits per heavy atom. The highest BCUT2D eigenvalue weighted by atomic mass is 16.6. The highest BCUT2D eigenvalue weighted by Gasteiger charge is 2.19. The lowest BCUT2D eigenvalue weighted by atomic mass is 10.0. The number of rotatable bonds is 4. The number of anilines is 1. The first-order chi connectivity index (χ1) is 11.1. The molecule has 0 aromatic heterocycles. The Labute approximate surface area is 136 Å². The molecule has 0 amide bonds. The van der Waals surface area contributed by atoms with E-state index in [-0.39, 0.29) is 10.6 Å². The summed E-state index contributed by atoms with van der Waals surface area (Å²) >= 11 is 0. The Kier molecular flexibility index (Phi) is 4.57. The van der Waals surface area contributed by atoms with E-state index in [2.05, 4.69) is 16.8 Å². The maximum Gasteiger partial charge on any atom is 0.274 e. The van der Waals surface area contributed by atoms with Gasteiger partial charge < -0.3 is 9.80 Å². The van der Waals surface area contributed by atoms with Crippen LogP contribution in [0.3, 0.4) is 0 Å². The Balaban J connectivity index is 1.85. The van der Waals surface area contributed by atoms with Gasteiger partial charge in [-0.05, 0) is 24.7 Å². The first kappa shape index (κ1) is 15.5. The number of piperazine rings is 1. The molecular formula is C18H21N3O2.